The van der Waals surface area contributed by atoms with Gasteiger partial charge in [-0.2, -0.15) is 0 Å². The van der Waals surface area contributed by atoms with Crippen LogP contribution in [0.2, 0.25) is 0 Å². The normalized spacial score (nSPS) is 16.7. The van der Waals surface area contributed by atoms with E-state index in [-0.39, 0.29) is 11.9 Å². The maximum Gasteiger partial charge on any atom is 0.231 e. The van der Waals surface area contributed by atoms with Crippen LogP contribution in [-0.4, -0.2) is 50.1 Å². The molecule has 2 aliphatic rings. The average Bonchev–Trinajstić information content (AvgIpc) is 3.55. The van der Waals surface area contributed by atoms with Crippen molar-refractivity contribution in [2.75, 3.05) is 27.3 Å². The van der Waals surface area contributed by atoms with Crippen molar-refractivity contribution in [3.8, 4) is 25.7 Å². The Morgan fingerprint density at radius 1 is 1.15 bits per heavy atom. The summed E-state index contributed by atoms with van der Waals surface area (Å²) in [7, 11) is 3.18. The number of carbonyl (C=O) groups is 1. The summed E-state index contributed by atoms with van der Waals surface area (Å²) in [5.41, 5.74) is 10.3. The SMILES string of the molecule is C#C.C#C.CC.CCOC.CC[C@@H]1CC(=O)N(CC2CC2)C(N)=N1.CN. The predicted molar refractivity (Wildman–Crippen MR) is 114 cm³/mol. The second-order valence-electron chi connectivity index (χ2n) is 4.78. The van der Waals surface area contributed by atoms with Gasteiger partial charge < -0.3 is 16.2 Å². The zero-order valence-electron chi connectivity index (χ0n) is 17.6. The molecule has 6 heteroatoms. The number of aliphatic imine (C=N–C) groups is 1. The third-order valence-electron chi connectivity index (χ3n) is 3.20. The van der Waals surface area contributed by atoms with E-state index in [0.717, 1.165) is 19.6 Å². The van der Waals surface area contributed by atoms with Gasteiger partial charge in [-0.15, -0.1) is 25.7 Å². The van der Waals surface area contributed by atoms with E-state index in [1.54, 1.807) is 12.0 Å². The first-order valence-corrected chi connectivity index (χ1v) is 8.99. The van der Waals surface area contributed by atoms with Crippen LogP contribution in [0.25, 0.3) is 0 Å². The fourth-order valence-corrected chi connectivity index (χ4v) is 1.73. The summed E-state index contributed by atoms with van der Waals surface area (Å²) in [5, 5.41) is 0. The summed E-state index contributed by atoms with van der Waals surface area (Å²) in [6, 6.07) is 0.109. The number of rotatable bonds is 4. The molecule has 152 valence electrons. The Balaban J connectivity index is -0.000000171. The molecule has 4 N–H and O–H groups in total. The van der Waals surface area contributed by atoms with Crippen LogP contribution < -0.4 is 11.5 Å². The first-order valence-electron chi connectivity index (χ1n) is 8.99. The Morgan fingerprint density at radius 3 is 1.85 bits per heavy atom. The highest BCUT2D eigenvalue weighted by Gasteiger charge is 2.32. The summed E-state index contributed by atoms with van der Waals surface area (Å²) >= 11 is 0. The average molecular weight is 369 g/mol. The molecule has 2 rings (SSSR count). The molecule has 6 nitrogen and oxygen atoms in total. The zero-order valence-corrected chi connectivity index (χ0v) is 17.6. The van der Waals surface area contributed by atoms with Crippen molar-refractivity contribution in [1.82, 2.24) is 4.90 Å². The van der Waals surface area contributed by atoms with E-state index in [0.29, 0.717) is 18.3 Å². The number of ether oxygens (including phenoxy) is 1. The molecule has 0 aromatic heterocycles. The molecule has 0 saturated heterocycles. The second kappa shape index (κ2) is 25.2. The molecule has 1 heterocycles. The van der Waals surface area contributed by atoms with Crippen LogP contribution >= 0.6 is 0 Å². The van der Waals surface area contributed by atoms with E-state index < -0.39 is 0 Å². The summed E-state index contributed by atoms with van der Waals surface area (Å²) in [6.07, 6.45) is 19.9. The van der Waals surface area contributed by atoms with Crippen LogP contribution in [0.15, 0.2) is 4.99 Å². The Morgan fingerprint density at radius 2 is 1.58 bits per heavy atom. The molecule has 0 aromatic rings. The van der Waals surface area contributed by atoms with Crippen LogP contribution in [0.3, 0.4) is 0 Å². The Hall–Kier alpha value is -2.02. The number of nitrogens with zero attached hydrogens (tertiary/aromatic N) is 2. The maximum absolute atomic E-state index is 11.7. The third-order valence-corrected chi connectivity index (χ3v) is 3.20. The number of hydrogen-bond acceptors (Lipinski definition) is 5. The number of carbonyl (C=O) groups excluding carboxylic acids is 1. The molecule has 1 atom stereocenters. The minimum absolute atomic E-state index is 0.109. The first kappa shape index (κ1) is 31.7. The standard InChI is InChI=1S/C10H17N3O.C3H8O.C2H6.2C2H2.CH5N/c1-2-8-5-9(14)13(10(11)12-8)6-7-3-4-7;1-3-4-2;4*1-2/h7-8H,2-6H2,1H3,(H2,11,12);3H2,1-2H3;1-2H3;2*1-2H;2H2,1H3/t8-;;;;;/m1...../s1. The lowest BCUT2D eigenvalue weighted by atomic mass is 10.1. The van der Waals surface area contributed by atoms with Gasteiger partial charge in [0.15, 0.2) is 5.96 Å². The molecule has 0 bridgehead atoms. The predicted octanol–water partition coefficient (Wildman–Crippen LogP) is 2.47. The fourth-order valence-electron chi connectivity index (χ4n) is 1.73. The van der Waals surface area contributed by atoms with Crippen molar-refractivity contribution in [3.63, 3.8) is 0 Å². The number of guanidine groups is 1. The maximum atomic E-state index is 11.7. The molecule has 0 aromatic carbocycles. The Labute approximate surface area is 161 Å². The lowest BCUT2D eigenvalue weighted by Gasteiger charge is -2.28. The highest BCUT2D eigenvalue weighted by Crippen LogP contribution is 2.30. The molecular formula is C20H40N4O2. The smallest absolute Gasteiger partial charge is 0.231 e. The van der Waals surface area contributed by atoms with Crippen molar-refractivity contribution in [1.29, 1.82) is 0 Å². The van der Waals surface area contributed by atoms with Gasteiger partial charge in [-0.05, 0) is 39.2 Å². The molecule has 0 spiro atoms. The van der Waals surface area contributed by atoms with Crippen molar-refractivity contribution >= 4 is 11.9 Å². The van der Waals surface area contributed by atoms with Gasteiger partial charge in [-0.1, -0.05) is 20.8 Å². The lowest BCUT2D eigenvalue weighted by molar-refractivity contribution is -0.128. The number of amides is 1. The van der Waals surface area contributed by atoms with Crippen molar-refractivity contribution in [2.45, 2.75) is 59.4 Å². The molecule has 1 aliphatic heterocycles. The zero-order chi connectivity index (χ0) is 21.5. The van der Waals surface area contributed by atoms with Crippen molar-refractivity contribution in [2.24, 2.45) is 22.4 Å². The van der Waals surface area contributed by atoms with Crippen molar-refractivity contribution < 1.29 is 9.53 Å². The molecule has 0 radical (unpaired) electrons. The molecule has 1 amide bonds. The fraction of sp³-hybridized carbons (Fsp3) is 0.700. The van der Waals surface area contributed by atoms with Gasteiger partial charge in [0.1, 0.15) is 0 Å². The molecular weight excluding hydrogens is 328 g/mol. The lowest BCUT2D eigenvalue weighted by Crippen LogP contribution is -2.48. The van der Waals surface area contributed by atoms with E-state index in [4.69, 9.17) is 5.73 Å². The molecule has 26 heavy (non-hydrogen) atoms. The highest BCUT2D eigenvalue weighted by atomic mass is 16.5. The van der Waals surface area contributed by atoms with Gasteiger partial charge >= 0.3 is 0 Å². The molecule has 1 fully saturated rings. The van der Waals surface area contributed by atoms with Gasteiger partial charge in [-0.25, -0.2) is 4.99 Å². The largest absolute Gasteiger partial charge is 0.385 e. The van der Waals surface area contributed by atoms with Crippen LogP contribution in [0, 0.1) is 31.6 Å². The summed E-state index contributed by atoms with van der Waals surface area (Å²) in [6.45, 7) is 9.59. The quantitative estimate of drug-likeness (QED) is 0.745. The summed E-state index contributed by atoms with van der Waals surface area (Å²) in [5.74, 6) is 1.25. The number of nitrogens with two attached hydrogens (primary N) is 2. The number of methoxy groups -OCH3 is 1. The Kier molecular flexibility index (Phi) is 30.8. The molecule has 1 aliphatic carbocycles. The van der Waals surface area contributed by atoms with E-state index in [2.05, 4.69) is 41.2 Å². The topological polar surface area (TPSA) is 93.9 Å². The van der Waals surface area contributed by atoms with Gasteiger partial charge in [-0.3, -0.25) is 9.69 Å². The first-order chi connectivity index (χ1) is 12.6. The van der Waals surface area contributed by atoms with Crippen LogP contribution in [0.1, 0.15) is 53.4 Å². The summed E-state index contributed by atoms with van der Waals surface area (Å²) in [4.78, 5) is 17.7. The summed E-state index contributed by atoms with van der Waals surface area (Å²) < 4.78 is 4.54. The van der Waals surface area contributed by atoms with E-state index in [9.17, 15) is 4.79 Å². The van der Waals surface area contributed by atoms with Crippen LogP contribution in [0.5, 0.6) is 0 Å². The Bertz CT molecular complexity index is 366. The number of hydrogen-bond donors (Lipinski definition) is 2. The van der Waals surface area contributed by atoms with Crippen molar-refractivity contribution in [3.05, 3.63) is 0 Å². The third kappa shape index (κ3) is 16.8. The minimum atomic E-state index is 0.109. The monoisotopic (exact) mass is 368 g/mol. The van der Waals surface area contributed by atoms with E-state index >= 15 is 0 Å². The highest BCUT2D eigenvalue weighted by molar-refractivity contribution is 5.98. The second-order valence-corrected chi connectivity index (χ2v) is 4.78. The van der Waals surface area contributed by atoms with Crippen LogP contribution in [0.4, 0.5) is 0 Å². The van der Waals surface area contributed by atoms with Gasteiger partial charge in [0.25, 0.3) is 0 Å². The van der Waals surface area contributed by atoms with Gasteiger partial charge in [0, 0.05) is 26.7 Å². The minimum Gasteiger partial charge on any atom is -0.385 e. The van der Waals surface area contributed by atoms with E-state index in [1.165, 1.54) is 19.9 Å². The van der Waals surface area contributed by atoms with Crippen LogP contribution in [-0.2, 0) is 9.53 Å². The van der Waals surface area contributed by atoms with Gasteiger partial charge in [0.2, 0.25) is 5.91 Å². The molecule has 0 unspecified atom stereocenters. The van der Waals surface area contributed by atoms with E-state index in [1.807, 2.05) is 27.7 Å². The molecule has 1 saturated carbocycles. The van der Waals surface area contributed by atoms with Gasteiger partial charge in [0.05, 0.1) is 6.04 Å². The number of terminal acetylenes is 2.